The summed E-state index contributed by atoms with van der Waals surface area (Å²) in [5.74, 6) is 0.534. The highest BCUT2D eigenvalue weighted by atomic mass is 35.5. The second-order valence-electron chi connectivity index (χ2n) is 5.99. The number of hydrogen-bond donors (Lipinski definition) is 2. The van der Waals surface area contributed by atoms with Gasteiger partial charge in [0.25, 0.3) is 5.56 Å². The Hall–Kier alpha value is -2.12. The van der Waals surface area contributed by atoms with Crippen LogP contribution in [0.5, 0.6) is 5.75 Å². The maximum Gasteiger partial charge on any atom is 0.274 e. The first-order chi connectivity index (χ1) is 11.2. The van der Waals surface area contributed by atoms with Gasteiger partial charge in [-0.15, -0.1) is 10.2 Å². The number of hydrazone groups is 1. The molecule has 0 aliphatic rings. The molecule has 2 aromatic rings. The number of ether oxygens (including phenoxy) is 1. The summed E-state index contributed by atoms with van der Waals surface area (Å²) in [6, 6.07) is 3.29. The first-order valence-corrected chi connectivity index (χ1v) is 7.77. The van der Waals surface area contributed by atoms with Crippen LogP contribution in [0, 0.1) is 0 Å². The molecule has 7 nitrogen and oxygen atoms in total. The number of halogens is 2. The first-order valence-electron chi connectivity index (χ1n) is 7.02. The Balaban J connectivity index is 2.15. The molecule has 2 rings (SSSR count). The number of H-pyrrole nitrogens is 1. The van der Waals surface area contributed by atoms with Crippen molar-refractivity contribution < 1.29 is 4.74 Å². The molecule has 0 amide bonds. The molecule has 2 N–H and O–H groups in total. The van der Waals surface area contributed by atoms with E-state index < -0.39 is 0 Å². The lowest BCUT2D eigenvalue weighted by Gasteiger charge is -2.15. The molecular formula is C15H17Cl2N5O2. The average Bonchev–Trinajstić information content (AvgIpc) is 2.45. The van der Waals surface area contributed by atoms with Crippen molar-refractivity contribution in [2.45, 2.75) is 26.2 Å². The molecule has 0 bridgehead atoms. The molecular weight excluding hydrogens is 353 g/mol. The van der Waals surface area contributed by atoms with Gasteiger partial charge in [0.2, 0.25) is 5.95 Å². The number of aromatic amines is 1. The third-order valence-corrected chi connectivity index (χ3v) is 3.58. The lowest BCUT2D eigenvalue weighted by molar-refractivity contribution is 0.415. The molecule has 0 spiro atoms. The molecule has 1 heterocycles. The second-order valence-corrected chi connectivity index (χ2v) is 6.80. The van der Waals surface area contributed by atoms with E-state index in [4.69, 9.17) is 27.9 Å². The summed E-state index contributed by atoms with van der Waals surface area (Å²) in [5, 5.41) is 12.6. The molecule has 0 aliphatic heterocycles. The fourth-order valence-electron chi connectivity index (χ4n) is 1.90. The summed E-state index contributed by atoms with van der Waals surface area (Å²) in [7, 11) is 1.48. The van der Waals surface area contributed by atoms with Crippen molar-refractivity contribution in [2.75, 3.05) is 12.5 Å². The molecule has 0 radical (unpaired) electrons. The normalized spacial score (nSPS) is 11.8. The number of methoxy groups -OCH3 is 1. The predicted octanol–water partition coefficient (Wildman–Crippen LogP) is 3.22. The van der Waals surface area contributed by atoms with E-state index in [1.165, 1.54) is 13.3 Å². The molecule has 24 heavy (non-hydrogen) atoms. The molecule has 0 atom stereocenters. The van der Waals surface area contributed by atoms with Gasteiger partial charge in [-0.3, -0.25) is 9.78 Å². The van der Waals surface area contributed by atoms with Gasteiger partial charge in [0.05, 0.1) is 23.4 Å². The van der Waals surface area contributed by atoms with Crippen LogP contribution < -0.4 is 15.7 Å². The summed E-state index contributed by atoms with van der Waals surface area (Å²) >= 11 is 12.1. The largest absolute Gasteiger partial charge is 0.494 e. The van der Waals surface area contributed by atoms with E-state index in [-0.39, 0.29) is 16.9 Å². The number of anilines is 1. The van der Waals surface area contributed by atoms with E-state index in [9.17, 15) is 4.79 Å². The van der Waals surface area contributed by atoms with Crippen LogP contribution >= 0.6 is 23.2 Å². The minimum Gasteiger partial charge on any atom is -0.494 e. The molecule has 128 valence electrons. The Bertz CT molecular complexity index is 804. The number of aromatic nitrogens is 3. The Morgan fingerprint density at radius 2 is 1.88 bits per heavy atom. The smallest absolute Gasteiger partial charge is 0.274 e. The van der Waals surface area contributed by atoms with Crippen molar-refractivity contribution in [1.82, 2.24) is 15.2 Å². The minimum absolute atomic E-state index is 0.134. The standard InChI is InChI=1S/C15H17Cl2N5O2/c1-15(2,3)12-13(23)19-14(22-20-12)21-18-7-8-5-9(16)11(24-4)10(17)6-8/h5-7H,1-4H3,(H2,19,21,22,23)/b18-7+. The highest BCUT2D eigenvalue weighted by molar-refractivity contribution is 6.37. The molecule has 0 saturated heterocycles. The highest BCUT2D eigenvalue weighted by Gasteiger charge is 2.20. The Morgan fingerprint density at radius 3 is 2.38 bits per heavy atom. The van der Waals surface area contributed by atoms with E-state index in [0.29, 0.717) is 27.1 Å². The molecule has 1 aromatic carbocycles. The number of rotatable bonds is 4. The maximum absolute atomic E-state index is 12.0. The van der Waals surface area contributed by atoms with Gasteiger partial charge in [-0.1, -0.05) is 44.0 Å². The number of hydrogen-bond acceptors (Lipinski definition) is 6. The van der Waals surface area contributed by atoms with Crippen LogP contribution in [0.2, 0.25) is 10.0 Å². The fraction of sp³-hybridized carbons (Fsp3) is 0.333. The van der Waals surface area contributed by atoms with Crippen molar-refractivity contribution >= 4 is 35.4 Å². The van der Waals surface area contributed by atoms with E-state index >= 15 is 0 Å². The van der Waals surface area contributed by atoms with E-state index in [1.807, 2.05) is 20.8 Å². The van der Waals surface area contributed by atoms with Crippen molar-refractivity contribution in [2.24, 2.45) is 5.10 Å². The van der Waals surface area contributed by atoms with E-state index in [2.05, 4.69) is 25.7 Å². The molecule has 0 saturated carbocycles. The van der Waals surface area contributed by atoms with Gasteiger partial charge in [0.15, 0.2) is 5.75 Å². The van der Waals surface area contributed by atoms with Gasteiger partial charge < -0.3 is 4.74 Å². The Morgan fingerprint density at radius 1 is 1.25 bits per heavy atom. The average molecular weight is 370 g/mol. The van der Waals surface area contributed by atoms with Gasteiger partial charge in [0.1, 0.15) is 5.69 Å². The van der Waals surface area contributed by atoms with Gasteiger partial charge in [-0.05, 0) is 17.7 Å². The van der Waals surface area contributed by atoms with Crippen LogP contribution in [-0.2, 0) is 5.41 Å². The first kappa shape index (κ1) is 18.2. The van der Waals surface area contributed by atoms with Crippen LogP contribution in [0.25, 0.3) is 0 Å². The third kappa shape index (κ3) is 4.24. The van der Waals surface area contributed by atoms with Crippen LogP contribution in [0.3, 0.4) is 0 Å². The van der Waals surface area contributed by atoms with Gasteiger partial charge >= 0.3 is 0 Å². The molecule has 0 fully saturated rings. The molecule has 9 heteroatoms. The van der Waals surface area contributed by atoms with Crippen LogP contribution in [0.1, 0.15) is 32.0 Å². The SMILES string of the molecule is COc1c(Cl)cc(/C=N/Nc2nnc(C(C)(C)C)c(=O)[nH]2)cc1Cl. The lowest BCUT2D eigenvalue weighted by Crippen LogP contribution is -2.28. The Kier molecular flexibility index (Phi) is 5.46. The highest BCUT2D eigenvalue weighted by Crippen LogP contribution is 2.33. The van der Waals surface area contributed by atoms with Crippen LogP contribution in [0.15, 0.2) is 22.0 Å². The summed E-state index contributed by atoms with van der Waals surface area (Å²) in [6.07, 6.45) is 1.48. The summed E-state index contributed by atoms with van der Waals surface area (Å²) < 4.78 is 5.07. The topological polar surface area (TPSA) is 92.3 Å². The maximum atomic E-state index is 12.0. The van der Waals surface area contributed by atoms with Gasteiger partial charge in [-0.25, -0.2) is 5.43 Å². The molecule has 0 unspecified atom stereocenters. The monoisotopic (exact) mass is 369 g/mol. The molecule has 0 aliphatic carbocycles. The predicted molar refractivity (Wildman–Crippen MR) is 95.6 cm³/mol. The second kappa shape index (κ2) is 7.19. The summed E-state index contributed by atoms with van der Waals surface area (Å²) in [4.78, 5) is 14.6. The number of nitrogens with zero attached hydrogens (tertiary/aromatic N) is 3. The van der Waals surface area contributed by atoms with Crippen molar-refractivity contribution in [1.29, 1.82) is 0 Å². The van der Waals surface area contributed by atoms with Crippen LogP contribution in [-0.4, -0.2) is 28.5 Å². The van der Waals surface area contributed by atoms with E-state index in [0.717, 1.165) is 0 Å². The van der Waals surface area contributed by atoms with Gasteiger partial charge in [-0.2, -0.15) is 5.10 Å². The van der Waals surface area contributed by atoms with Crippen molar-refractivity contribution in [3.63, 3.8) is 0 Å². The quantitative estimate of drug-likeness (QED) is 0.637. The zero-order valence-corrected chi connectivity index (χ0v) is 15.2. The zero-order valence-electron chi connectivity index (χ0n) is 13.6. The van der Waals surface area contributed by atoms with Crippen molar-refractivity contribution in [3.8, 4) is 5.75 Å². The summed E-state index contributed by atoms with van der Waals surface area (Å²) in [5.41, 5.74) is 2.90. The van der Waals surface area contributed by atoms with Crippen LogP contribution in [0.4, 0.5) is 5.95 Å². The fourth-order valence-corrected chi connectivity index (χ4v) is 2.55. The Labute approximate surface area is 149 Å². The zero-order chi connectivity index (χ0) is 17.9. The molecule has 1 aromatic heterocycles. The minimum atomic E-state index is -0.390. The van der Waals surface area contributed by atoms with Crippen molar-refractivity contribution in [3.05, 3.63) is 43.8 Å². The third-order valence-electron chi connectivity index (χ3n) is 3.02. The summed E-state index contributed by atoms with van der Waals surface area (Å²) in [6.45, 7) is 5.65. The van der Waals surface area contributed by atoms with Gasteiger partial charge in [0, 0.05) is 5.41 Å². The lowest BCUT2D eigenvalue weighted by atomic mass is 9.93. The van der Waals surface area contributed by atoms with E-state index in [1.54, 1.807) is 12.1 Å². The number of nitrogens with one attached hydrogen (secondary N) is 2. The number of benzene rings is 1.